The van der Waals surface area contributed by atoms with Crippen LogP contribution < -0.4 is 9.80 Å². The number of nitro groups is 1. The third-order valence-corrected chi connectivity index (χ3v) is 4.99. The van der Waals surface area contributed by atoms with Crippen LogP contribution in [-0.4, -0.2) is 40.8 Å². The van der Waals surface area contributed by atoms with Gasteiger partial charge >= 0.3 is 12.2 Å². The van der Waals surface area contributed by atoms with Gasteiger partial charge in [-0.3, -0.25) is 14.9 Å². The zero-order valence-corrected chi connectivity index (χ0v) is 23.0. The van der Waals surface area contributed by atoms with Gasteiger partial charge in [0, 0.05) is 18.7 Å². The molecule has 0 fully saturated rings. The molecule has 0 aliphatic carbocycles. The highest BCUT2D eigenvalue weighted by Gasteiger charge is 2.38. The molecule has 40 heavy (non-hydrogen) atoms. The Kier molecular flexibility index (Phi) is 10.9. The summed E-state index contributed by atoms with van der Waals surface area (Å²) in [4.78, 5) is 50.7. The van der Waals surface area contributed by atoms with E-state index >= 15 is 8.78 Å². The second-order valence-electron chi connectivity index (χ2n) is 10.2. The fourth-order valence-electron chi connectivity index (χ4n) is 3.17. The Labute approximate surface area is 236 Å². The van der Waals surface area contributed by atoms with Gasteiger partial charge in [0.25, 0.3) is 11.6 Å². The molecule has 218 valence electrons. The third kappa shape index (κ3) is 8.22. The number of nitrogens with zero attached hydrogens (tertiary/aromatic N) is 3. The maximum atomic E-state index is 16.1. The molecule has 2 aromatic carbocycles. The molecule has 0 bridgehead atoms. The fourth-order valence-corrected chi connectivity index (χ4v) is 3.37. The zero-order chi connectivity index (χ0) is 29.9. The van der Waals surface area contributed by atoms with Gasteiger partial charge in [0.15, 0.2) is 11.6 Å². The Morgan fingerprint density at radius 3 is 2.00 bits per heavy atom. The first-order chi connectivity index (χ1) is 17.9. The zero-order valence-electron chi connectivity index (χ0n) is 22.2. The van der Waals surface area contributed by atoms with E-state index in [9.17, 15) is 24.5 Å². The Morgan fingerprint density at radius 1 is 1.02 bits per heavy atom. The largest absolute Gasteiger partial charge is 0.443 e. The molecule has 0 heterocycles. The van der Waals surface area contributed by atoms with Crippen molar-refractivity contribution in [2.24, 2.45) is 0 Å². The molecule has 13 heteroatoms. The van der Waals surface area contributed by atoms with Crippen LogP contribution in [-0.2, 0) is 9.47 Å². The van der Waals surface area contributed by atoms with Crippen LogP contribution in [0.5, 0.6) is 0 Å². The molecule has 0 unspecified atom stereocenters. The standard InChI is InChI=1S/C26H28ClF2N3O7.CH4/c1-8-13-30(22(33)16-14-15(32(36)37)9-10-17(16)27)19-12-11-18(28)21(20(19)29)31(23(34)38-25(2,3)4)24(35)39-26(5,6)7;/h8-12,14H,1,13H2,2-7H3;1H4. The molecule has 2 aromatic rings. The van der Waals surface area contributed by atoms with Crippen LogP contribution in [0, 0.1) is 21.7 Å². The van der Waals surface area contributed by atoms with Crippen molar-refractivity contribution in [3.63, 3.8) is 0 Å². The molecule has 3 amide bonds. The maximum Gasteiger partial charge on any atom is 0.424 e. The summed E-state index contributed by atoms with van der Waals surface area (Å²) in [6.45, 7) is 12.0. The number of non-ortho nitro benzene ring substituents is 1. The lowest BCUT2D eigenvalue weighted by atomic mass is 10.1. The lowest BCUT2D eigenvalue weighted by molar-refractivity contribution is -0.384. The van der Waals surface area contributed by atoms with Gasteiger partial charge in [0.2, 0.25) is 0 Å². The first-order valence-corrected chi connectivity index (χ1v) is 11.9. The summed E-state index contributed by atoms with van der Waals surface area (Å²) in [6.07, 6.45) is -1.66. The van der Waals surface area contributed by atoms with Crippen molar-refractivity contribution >= 4 is 46.8 Å². The second-order valence-corrected chi connectivity index (χ2v) is 10.6. The Balaban J connectivity index is 0.00000800. The average molecular weight is 584 g/mol. The summed E-state index contributed by atoms with van der Waals surface area (Å²) < 4.78 is 41.6. The summed E-state index contributed by atoms with van der Waals surface area (Å²) in [5, 5.41) is 11.0. The minimum atomic E-state index is -1.50. The third-order valence-electron chi connectivity index (χ3n) is 4.66. The Bertz CT molecular complexity index is 1290. The molecule has 10 nitrogen and oxygen atoms in total. The molecule has 0 aliphatic heterocycles. The number of ether oxygens (including phenoxy) is 2. The van der Waals surface area contributed by atoms with Crippen LogP contribution >= 0.6 is 11.6 Å². The van der Waals surface area contributed by atoms with E-state index < -0.39 is 62.9 Å². The highest BCUT2D eigenvalue weighted by molar-refractivity contribution is 6.34. The minimum absolute atomic E-state index is 0. The van der Waals surface area contributed by atoms with E-state index in [0.29, 0.717) is 0 Å². The van der Waals surface area contributed by atoms with E-state index in [4.69, 9.17) is 21.1 Å². The van der Waals surface area contributed by atoms with Crippen LogP contribution in [0.3, 0.4) is 0 Å². The van der Waals surface area contributed by atoms with Gasteiger partial charge < -0.3 is 14.4 Å². The lowest BCUT2D eigenvalue weighted by Crippen LogP contribution is -2.45. The first kappa shape index (κ1) is 34.0. The highest BCUT2D eigenvalue weighted by Crippen LogP contribution is 2.35. The van der Waals surface area contributed by atoms with E-state index in [0.717, 1.165) is 35.2 Å². The van der Waals surface area contributed by atoms with Crippen LogP contribution in [0.25, 0.3) is 0 Å². The lowest BCUT2D eigenvalue weighted by Gasteiger charge is -2.30. The second kappa shape index (κ2) is 12.9. The van der Waals surface area contributed by atoms with E-state index in [1.165, 1.54) is 47.6 Å². The molecule has 2 rings (SSSR count). The van der Waals surface area contributed by atoms with Crippen molar-refractivity contribution in [3.8, 4) is 0 Å². The quantitative estimate of drug-likeness (QED) is 0.194. The van der Waals surface area contributed by atoms with E-state index in [1.807, 2.05) is 0 Å². The number of halogens is 3. The summed E-state index contributed by atoms with van der Waals surface area (Å²) in [7, 11) is 0. The van der Waals surface area contributed by atoms with Crippen molar-refractivity contribution in [1.82, 2.24) is 0 Å². The minimum Gasteiger partial charge on any atom is -0.443 e. The SMILES string of the molecule is C.C=CCN(C(=O)c1cc([N+](=O)[O-])ccc1Cl)c1ccc(F)c(N(C(=O)OC(C)(C)C)C(=O)OC(C)(C)C)c1F. The van der Waals surface area contributed by atoms with Gasteiger partial charge in [-0.25, -0.2) is 18.4 Å². The first-order valence-electron chi connectivity index (χ1n) is 11.5. The molecule has 0 radical (unpaired) electrons. The molecule has 0 saturated carbocycles. The van der Waals surface area contributed by atoms with Crippen molar-refractivity contribution in [3.05, 3.63) is 75.3 Å². The molecule has 0 spiro atoms. The van der Waals surface area contributed by atoms with Gasteiger partial charge in [0.05, 0.1) is 21.2 Å². The number of hydrogen-bond donors (Lipinski definition) is 0. The predicted molar refractivity (Wildman–Crippen MR) is 148 cm³/mol. The number of carbonyl (C=O) groups excluding carboxylic acids is 3. The predicted octanol–water partition coefficient (Wildman–Crippen LogP) is 7.67. The summed E-state index contributed by atoms with van der Waals surface area (Å²) in [5.41, 5.74) is -4.88. The number of rotatable bonds is 6. The van der Waals surface area contributed by atoms with Crippen molar-refractivity contribution in [1.29, 1.82) is 0 Å². The average Bonchev–Trinajstić information content (AvgIpc) is 2.77. The van der Waals surface area contributed by atoms with Crippen LogP contribution in [0.1, 0.15) is 59.3 Å². The Hall–Kier alpha value is -4.06. The number of amides is 3. The van der Waals surface area contributed by atoms with E-state index in [2.05, 4.69) is 6.58 Å². The van der Waals surface area contributed by atoms with Crippen molar-refractivity contribution < 1.29 is 37.6 Å². The van der Waals surface area contributed by atoms with Crippen molar-refractivity contribution in [2.75, 3.05) is 16.3 Å². The molecular weight excluding hydrogens is 552 g/mol. The van der Waals surface area contributed by atoms with Gasteiger partial charge in [-0.1, -0.05) is 25.1 Å². The van der Waals surface area contributed by atoms with E-state index in [-0.39, 0.29) is 29.5 Å². The van der Waals surface area contributed by atoms with E-state index in [1.54, 1.807) is 0 Å². The summed E-state index contributed by atoms with van der Waals surface area (Å²) in [5.74, 6) is -3.84. The summed E-state index contributed by atoms with van der Waals surface area (Å²) in [6, 6.07) is 4.72. The fraction of sp³-hybridized carbons (Fsp3) is 0.370. The smallest absolute Gasteiger partial charge is 0.424 e. The molecular formula is C27H32ClF2N3O7. The summed E-state index contributed by atoms with van der Waals surface area (Å²) >= 11 is 6.10. The monoisotopic (exact) mass is 583 g/mol. The topological polar surface area (TPSA) is 119 Å². The van der Waals surface area contributed by atoms with Crippen LogP contribution in [0.15, 0.2) is 43.0 Å². The normalized spacial score (nSPS) is 11.1. The number of hydrogen-bond acceptors (Lipinski definition) is 7. The number of benzene rings is 2. The number of imide groups is 1. The number of carbonyl (C=O) groups is 3. The Morgan fingerprint density at radius 2 is 1.55 bits per heavy atom. The molecule has 0 aliphatic rings. The van der Waals surface area contributed by atoms with Gasteiger partial charge in [0.1, 0.15) is 16.9 Å². The molecule has 0 aromatic heterocycles. The molecule has 0 saturated heterocycles. The van der Waals surface area contributed by atoms with Gasteiger partial charge in [-0.15, -0.1) is 6.58 Å². The maximum absolute atomic E-state index is 16.1. The highest BCUT2D eigenvalue weighted by atomic mass is 35.5. The van der Waals surface area contributed by atoms with Crippen molar-refractivity contribution in [2.45, 2.75) is 60.2 Å². The molecule has 0 atom stereocenters. The van der Waals surface area contributed by atoms with Crippen LogP contribution in [0.2, 0.25) is 5.02 Å². The van der Waals surface area contributed by atoms with Gasteiger partial charge in [-0.05, 0) is 59.7 Å². The van der Waals surface area contributed by atoms with Gasteiger partial charge in [-0.2, -0.15) is 4.90 Å². The number of anilines is 2. The van der Waals surface area contributed by atoms with Crippen LogP contribution in [0.4, 0.5) is 35.4 Å². The number of nitro benzene ring substituents is 1. The molecule has 0 N–H and O–H groups in total.